The molecule has 7 heteroatoms. The van der Waals surface area contributed by atoms with Crippen molar-refractivity contribution in [1.82, 2.24) is 15.0 Å². The highest BCUT2D eigenvalue weighted by Crippen LogP contribution is 2.30. The summed E-state index contributed by atoms with van der Waals surface area (Å²) >= 11 is 6.03. The first-order valence-corrected chi connectivity index (χ1v) is 10.7. The van der Waals surface area contributed by atoms with Crippen LogP contribution in [-0.4, -0.2) is 20.9 Å². The maximum atomic E-state index is 13.2. The fourth-order valence-corrected chi connectivity index (χ4v) is 4.05. The van der Waals surface area contributed by atoms with Gasteiger partial charge in [-0.3, -0.25) is 4.79 Å². The molecule has 0 aliphatic heterocycles. The Hall–Kier alpha value is -4.03. The minimum absolute atomic E-state index is 0.187. The number of H-pyrrole nitrogens is 1. The number of halogens is 1. The predicted molar refractivity (Wildman–Crippen MR) is 128 cm³/mol. The number of nitrogens with one attached hydrogen (secondary N) is 1. The van der Waals surface area contributed by atoms with Crippen LogP contribution < -0.4 is 5.56 Å². The monoisotopic (exact) mass is 455 g/mol. The first-order valence-electron chi connectivity index (χ1n) is 10.3. The van der Waals surface area contributed by atoms with Gasteiger partial charge >= 0.3 is 5.97 Å². The number of aromatic nitrogens is 3. The molecule has 2 aromatic heterocycles. The lowest BCUT2D eigenvalue weighted by Crippen LogP contribution is -2.15. The molecule has 0 atom stereocenters. The minimum atomic E-state index is -0.517. The zero-order valence-corrected chi connectivity index (χ0v) is 18.4. The molecule has 0 aliphatic carbocycles. The lowest BCUT2D eigenvalue weighted by Gasteiger charge is -2.14. The smallest absolute Gasteiger partial charge is 0.339 e. The molecule has 6 nitrogen and oxygen atoms in total. The number of carbonyl (C=O) groups is 1. The van der Waals surface area contributed by atoms with E-state index in [-0.39, 0.29) is 18.0 Å². The molecule has 0 unspecified atom stereocenters. The van der Waals surface area contributed by atoms with Crippen LogP contribution in [0.5, 0.6) is 0 Å². The summed E-state index contributed by atoms with van der Waals surface area (Å²) in [5.74, 6) is -0.278. The van der Waals surface area contributed by atoms with Crippen LogP contribution in [0.1, 0.15) is 21.7 Å². The van der Waals surface area contributed by atoms with Crippen molar-refractivity contribution < 1.29 is 9.53 Å². The molecule has 0 saturated heterocycles. The number of ether oxygens (including phenoxy) is 1. The summed E-state index contributed by atoms with van der Waals surface area (Å²) in [5.41, 5.74) is 3.59. The van der Waals surface area contributed by atoms with Crippen LogP contribution in [0.4, 0.5) is 0 Å². The van der Waals surface area contributed by atoms with Gasteiger partial charge in [-0.1, -0.05) is 60.1 Å². The number of esters is 1. The van der Waals surface area contributed by atoms with Gasteiger partial charge in [-0.2, -0.15) is 0 Å². The van der Waals surface area contributed by atoms with Crippen molar-refractivity contribution >= 4 is 39.4 Å². The van der Waals surface area contributed by atoms with Gasteiger partial charge in [-0.25, -0.2) is 14.8 Å². The maximum Gasteiger partial charge on any atom is 0.339 e. The number of carbonyl (C=O) groups excluding carboxylic acids is 1. The van der Waals surface area contributed by atoms with Crippen molar-refractivity contribution in [3.8, 4) is 11.3 Å². The zero-order valence-electron chi connectivity index (χ0n) is 17.6. The lowest BCUT2D eigenvalue weighted by molar-refractivity contribution is 0.0464. The molecule has 0 amide bonds. The number of pyridine rings is 1. The van der Waals surface area contributed by atoms with Crippen LogP contribution in [0.3, 0.4) is 0 Å². The number of hydrogen-bond donors (Lipinski definition) is 1. The molecule has 5 rings (SSSR count). The number of fused-ring (bicyclic) bond motifs is 2. The summed E-state index contributed by atoms with van der Waals surface area (Å²) in [6.07, 6.45) is 0. The number of nitrogens with zero attached hydrogens (tertiary/aromatic N) is 2. The van der Waals surface area contributed by atoms with E-state index in [4.69, 9.17) is 21.3 Å². The molecule has 0 spiro atoms. The fraction of sp³-hybridized carbons (Fsp3) is 0.0769. The molecule has 2 heterocycles. The van der Waals surface area contributed by atoms with Crippen LogP contribution in [0.25, 0.3) is 33.1 Å². The third-order valence-electron chi connectivity index (χ3n) is 5.44. The van der Waals surface area contributed by atoms with Gasteiger partial charge in [-0.05, 0) is 36.8 Å². The van der Waals surface area contributed by atoms with Crippen molar-refractivity contribution in [2.24, 2.45) is 0 Å². The molecule has 0 aliphatic rings. The van der Waals surface area contributed by atoms with Crippen LogP contribution in [0.15, 0.2) is 77.6 Å². The highest BCUT2D eigenvalue weighted by atomic mass is 35.5. The Bertz CT molecular complexity index is 1580. The number of benzene rings is 3. The Balaban J connectivity index is 1.53. The second-order valence-corrected chi connectivity index (χ2v) is 8.03. The zero-order chi connectivity index (χ0) is 22.9. The molecule has 0 bridgehead atoms. The van der Waals surface area contributed by atoms with E-state index in [1.54, 1.807) is 18.2 Å². The van der Waals surface area contributed by atoms with Gasteiger partial charge in [0.2, 0.25) is 0 Å². The van der Waals surface area contributed by atoms with Crippen molar-refractivity contribution in [3.05, 3.63) is 105 Å². The van der Waals surface area contributed by atoms with E-state index < -0.39 is 5.97 Å². The first-order chi connectivity index (χ1) is 16.0. The van der Waals surface area contributed by atoms with Crippen molar-refractivity contribution in [1.29, 1.82) is 0 Å². The Morgan fingerprint density at radius 3 is 2.52 bits per heavy atom. The SMILES string of the molecule is Cc1c(-c2ccccc2)nc2ccccc2c1C(=O)OCc1nc2cc(Cl)ccc2c(=O)[nH]1. The third-order valence-corrected chi connectivity index (χ3v) is 5.68. The molecule has 1 N–H and O–H groups in total. The largest absolute Gasteiger partial charge is 0.454 e. The van der Waals surface area contributed by atoms with Crippen LogP contribution in [0.2, 0.25) is 5.02 Å². The quantitative estimate of drug-likeness (QED) is 0.364. The topological polar surface area (TPSA) is 84.9 Å². The Kier molecular flexibility index (Phi) is 5.36. The van der Waals surface area contributed by atoms with Gasteiger partial charge in [-0.15, -0.1) is 0 Å². The summed E-state index contributed by atoms with van der Waals surface area (Å²) in [4.78, 5) is 37.4. The third kappa shape index (κ3) is 3.97. The highest BCUT2D eigenvalue weighted by molar-refractivity contribution is 6.31. The molecule has 33 heavy (non-hydrogen) atoms. The van der Waals surface area contributed by atoms with Gasteiger partial charge in [0.05, 0.1) is 27.7 Å². The summed E-state index contributed by atoms with van der Waals surface area (Å²) in [6, 6.07) is 22.0. The fourth-order valence-electron chi connectivity index (χ4n) is 3.88. The van der Waals surface area contributed by atoms with Gasteiger partial charge in [0.25, 0.3) is 5.56 Å². The minimum Gasteiger partial charge on any atom is -0.454 e. The number of aromatic amines is 1. The van der Waals surface area contributed by atoms with Crippen LogP contribution in [0, 0.1) is 6.92 Å². The Morgan fingerprint density at radius 1 is 0.939 bits per heavy atom. The van der Waals surface area contributed by atoms with E-state index in [0.29, 0.717) is 38.1 Å². The van der Waals surface area contributed by atoms with Gasteiger partial charge in [0.1, 0.15) is 12.4 Å². The molecule has 0 radical (unpaired) electrons. The number of hydrogen-bond acceptors (Lipinski definition) is 5. The first kappa shape index (κ1) is 20.8. The van der Waals surface area contributed by atoms with E-state index >= 15 is 0 Å². The van der Waals surface area contributed by atoms with Crippen LogP contribution >= 0.6 is 11.6 Å². The number of para-hydroxylation sites is 1. The predicted octanol–water partition coefficient (Wildman–Crippen LogP) is 5.46. The van der Waals surface area contributed by atoms with Gasteiger partial charge < -0.3 is 9.72 Å². The number of rotatable bonds is 4. The average molecular weight is 456 g/mol. The molecule has 3 aromatic carbocycles. The Labute approximate surface area is 193 Å². The molecular weight excluding hydrogens is 438 g/mol. The summed E-state index contributed by atoms with van der Waals surface area (Å²) < 4.78 is 5.60. The normalized spacial score (nSPS) is 11.1. The maximum absolute atomic E-state index is 13.2. The van der Waals surface area contributed by atoms with E-state index in [2.05, 4.69) is 9.97 Å². The van der Waals surface area contributed by atoms with Gasteiger partial charge in [0, 0.05) is 16.0 Å². The van der Waals surface area contributed by atoms with E-state index in [1.807, 2.05) is 61.5 Å². The molecule has 5 aromatic rings. The van der Waals surface area contributed by atoms with E-state index in [1.165, 1.54) is 0 Å². The molecule has 0 saturated carbocycles. The van der Waals surface area contributed by atoms with Crippen molar-refractivity contribution in [2.45, 2.75) is 13.5 Å². The van der Waals surface area contributed by atoms with E-state index in [0.717, 1.165) is 11.1 Å². The molecular formula is C26H18ClN3O3. The summed E-state index contributed by atoms with van der Waals surface area (Å²) in [6.45, 7) is 1.67. The van der Waals surface area contributed by atoms with Crippen molar-refractivity contribution in [3.63, 3.8) is 0 Å². The van der Waals surface area contributed by atoms with Crippen molar-refractivity contribution in [2.75, 3.05) is 0 Å². The van der Waals surface area contributed by atoms with Gasteiger partial charge in [0.15, 0.2) is 0 Å². The lowest BCUT2D eigenvalue weighted by atomic mass is 9.98. The summed E-state index contributed by atoms with van der Waals surface area (Å²) in [5, 5.41) is 1.58. The molecule has 162 valence electrons. The summed E-state index contributed by atoms with van der Waals surface area (Å²) in [7, 11) is 0. The molecule has 0 fully saturated rings. The highest BCUT2D eigenvalue weighted by Gasteiger charge is 2.20. The average Bonchev–Trinajstić information content (AvgIpc) is 2.82. The second kappa shape index (κ2) is 8.48. The standard InChI is InChI=1S/C26H18ClN3O3/c1-15-23(18-9-5-6-10-20(18)29-24(15)16-7-3-2-4-8-16)26(32)33-14-22-28-21-13-17(27)11-12-19(21)25(31)30-22/h2-13H,14H2,1H3,(H,28,30,31). The van der Waals surface area contributed by atoms with E-state index in [9.17, 15) is 9.59 Å². The second-order valence-electron chi connectivity index (χ2n) is 7.59. The Morgan fingerprint density at radius 2 is 1.70 bits per heavy atom. The van der Waals surface area contributed by atoms with Crippen LogP contribution in [-0.2, 0) is 11.3 Å².